The number of benzene rings is 4. The average Bonchev–Trinajstić information content (AvgIpc) is 3.42. The van der Waals surface area contributed by atoms with Crippen LogP contribution in [0.15, 0.2) is 120 Å². The zero-order chi connectivity index (χ0) is 28.6. The Hall–Kier alpha value is -5.44. The molecule has 202 valence electrons. The summed E-state index contributed by atoms with van der Waals surface area (Å²) in [6.45, 7) is 0. The number of oxazole rings is 1. The molecular formula is C32H20F3N3O3. The van der Waals surface area contributed by atoms with E-state index in [0.717, 1.165) is 34.2 Å². The maximum atomic E-state index is 13.7. The van der Waals surface area contributed by atoms with Gasteiger partial charge in [-0.3, -0.25) is 9.59 Å². The van der Waals surface area contributed by atoms with E-state index in [4.69, 9.17) is 4.42 Å². The van der Waals surface area contributed by atoms with Crippen molar-refractivity contribution < 1.29 is 27.2 Å². The van der Waals surface area contributed by atoms with Crippen LogP contribution in [0.1, 0.15) is 21.5 Å². The first kappa shape index (κ1) is 25.8. The summed E-state index contributed by atoms with van der Waals surface area (Å²) >= 11 is 0. The van der Waals surface area contributed by atoms with Crippen molar-refractivity contribution in [2.24, 2.45) is 0 Å². The number of amides is 2. The molecule has 1 aliphatic rings. The lowest BCUT2D eigenvalue weighted by molar-refractivity contribution is -0.137. The van der Waals surface area contributed by atoms with Gasteiger partial charge in [0.2, 0.25) is 0 Å². The monoisotopic (exact) mass is 551 g/mol. The van der Waals surface area contributed by atoms with E-state index in [9.17, 15) is 22.8 Å². The maximum absolute atomic E-state index is 13.7. The SMILES string of the molecule is O=C1/C(=C/Nc2nc(-c3ccccc3)c(-c3ccccc3)o2)c2ccccc2C(=O)N1c1cccc(C(F)(F)F)c1. The smallest absolute Gasteiger partial charge is 0.416 e. The highest BCUT2D eigenvalue weighted by molar-refractivity contribution is 6.41. The molecule has 0 saturated carbocycles. The first-order valence-corrected chi connectivity index (χ1v) is 12.5. The fraction of sp³-hybridized carbons (Fsp3) is 0.0312. The molecule has 0 spiro atoms. The van der Waals surface area contributed by atoms with Crippen LogP contribution in [-0.4, -0.2) is 16.8 Å². The highest BCUT2D eigenvalue weighted by Crippen LogP contribution is 2.37. The fourth-order valence-electron chi connectivity index (χ4n) is 4.64. The van der Waals surface area contributed by atoms with Crippen molar-refractivity contribution in [2.75, 3.05) is 10.2 Å². The molecule has 0 bridgehead atoms. The Morgan fingerprint density at radius 3 is 2.05 bits per heavy atom. The second-order valence-corrected chi connectivity index (χ2v) is 9.17. The van der Waals surface area contributed by atoms with Gasteiger partial charge in [0.15, 0.2) is 5.76 Å². The van der Waals surface area contributed by atoms with Gasteiger partial charge in [0.05, 0.1) is 16.8 Å². The molecule has 1 aromatic heterocycles. The van der Waals surface area contributed by atoms with Crippen molar-refractivity contribution in [1.29, 1.82) is 0 Å². The molecule has 0 fully saturated rings. The van der Waals surface area contributed by atoms with Crippen molar-refractivity contribution in [1.82, 2.24) is 4.98 Å². The summed E-state index contributed by atoms with van der Waals surface area (Å²) in [6.07, 6.45) is -3.29. The standard InChI is InChI=1S/C32H20F3N3O3/c33-32(34,35)22-14-9-15-23(18-22)38-29(39)25-17-8-7-16-24(25)26(30(38)40)19-36-31-37-27(20-10-3-1-4-11-20)28(41-31)21-12-5-2-6-13-21/h1-19H,(H,36,37)/b26-19+. The second kappa shape index (κ2) is 10.3. The van der Waals surface area contributed by atoms with Gasteiger partial charge in [0.1, 0.15) is 5.69 Å². The first-order valence-electron chi connectivity index (χ1n) is 12.5. The molecule has 0 unspecified atom stereocenters. The molecule has 2 heterocycles. The largest absolute Gasteiger partial charge is 0.423 e. The summed E-state index contributed by atoms with van der Waals surface area (Å²) in [7, 11) is 0. The molecule has 2 amide bonds. The number of hydrogen-bond acceptors (Lipinski definition) is 5. The van der Waals surface area contributed by atoms with Gasteiger partial charge in [-0.2, -0.15) is 18.2 Å². The number of alkyl halides is 3. The van der Waals surface area contributed by atoms with Crippen LogP contribution >= 0.6 is 0 Å². The van der Waals surface area contributed by atoms with E-state index < -0.39 is 23.6 Å². The molecule has 41 heavy (non-hydrogen) atoms. The molecule has 1 N–H and O–H groups in total. The molecule has 4 aromatic carbocycles. The number of carbonyl (C=O) groups excluding carboxylic acids is 2. The van der Waals surface area contributed by atoms with Gasteiger partial charge in [-0.05, 0) is 24.3 Å². The highest BCUT2D eigenvalue weighted by atomic mass is 19.4. The van der Waals surface area contributed by atoms with Crippen LogP contribution in [0, 0.1) is 0 Å². The summed E-state index contributed by atoms with van der Waals surface area (Å²) in [5.74, 6) is -1.01. The average molecular weight is 552 g/mol. The summed E-state index contributed by atoms with van der Waals surface area (Å²) < 4.78 is 46.3. The second-order valence-electron chi connectivity index (χ2n) is 9.17. The Kier molecular flexibility index (Phi) is 6.47. The Balaban J connectivity index is 1.42. The molecule has 6 rings (SSSR count). The minimum Gasteiger partial charge on any atom is -0.423 e. The van der Waals surface area contributed by atoms with Crippen molar-refractivity contribution in [2.45, 2.75) is 6.18 Å². The highest BCUT2D eigenvalue weighted by Gasteiger charge is 2.37. The van der Waals surface area contributed by atoms with E-state index in [2.05, 4.69) is 10.3 Å². The number of hydrogen-bond donors (Lipinski definition) is 1. The summed E-state index contributed by atoms with van der Waals surface area (Å²) in [6, 6.07) is 29.4. The number of imide groups is 1. The van der Waals surface area contributed by atoms with E-state index >= 15 is 0 Å². The molecule has 0 atom stereocenters. The van der Waals surface area contributed by atoms with Gasteiger partial charge in [0.25, 0.3) is 17.8 Å². The predicted molar refractivity (Wildman–Crippen MR) is 149 cm³/mol. The van der Waals surface area contributed by atoms with Crippen molar-refractivity contribution >= 4 is 29.1 Å². The van der Waals surface area contributed by atoms with Crippen molar-refractivity contribution in [3.05, 3.63) is 132 Å². The molecule has 1 aliphatic heterocycles. The Morgan fingerprint density at radius 2 is 1.37 bits per heavy atom. The van der Waals surface area contributed by atoms with Gasteiger partial charge >= 0.3 is 6.18 Å². The molecule has 6 nitrogen and oxygen atoms in total. The van der Waals surface area contributed by atoms with Gasteiger partial charge in [0, 0.05) is 28.5 Å². The third kappa shape index (κ3) is 4.89. The lowest BCUT2D eigenvalue weighted by atomic mass is 9.93. The number of nitrogens with one attached hydrogen (secondary N) is 1. The molecule has 5 aromatic rings. The normalized spacial score (nSPS) is 14.3. The van der Waals surface area contributed by atoms with Gasteiger partial charge in [-0.1, -0.05) is 84.9 Å². The Bertz CT molecular complexity index is 1740. The Labute approximate surface area is 232 Å². The molecule has 9 heteroatoms. The summed E-state index contributed by atoms with van der Waals surface area (Å²) in [4.78, 5) is 32.3. The third-order valence-electron chi connectivity index (χ3n) is 6.57. The molecule has 0 radical (unpaired) electrons. The lowest BCUT2D eigenvalue weighted by Crippen LogP contribution is -2.42. The third-order valence-corrected chi connectivity index (χ3v) is 6.57. The van der Waals surface area contributed by atoms with Gasteiger partial charge < -0.3 is 9.73 Å². The maximum Gasteiger partial charge on any atom is 0.416 e. The van der Waals surface area contributed by atoms with E-state index in [-0.39, 0.29) is 22.8 Å². The number of anilines is 2. The number of halogens is 3. The molecule has 0 saturated heterocycles. The van der Waals surface area contributed by atoms with Crippen molar-refractivity contribution in [3.63, 3.8) is 0 Å². The predicted octanol–water partition coefficient (Wildman–Crippen LogP) is 7.67. The zero-order valence-electron chi connectivity index (χ0n) is 21.2. The van der Waals surface area contributed by atoms with E-state index in [1.165, 1.54) is 18.3 Å². The summed E-state index contributed by atoms with van der Waals surface area (Å²) in [5, 5.41) is 2.93. The van der Waals surface area contributed by atoms with Crippen LogP contribution in [0.5, 0.6) is 0 Å². The quantitative estimate of drug-likeness (QED) is 0.179. The Morgan fingerprint density at radius 1 is 0.732 bits per heavy atom. The van der Waals surface area contributed by atoms with Crippen molar-refractivity contribution in [3.8, 4) is 22.6 Å². The van der Waals surface area contributed by atoms with E-state index in [1.807, 2.05) is 60.7 Å². The van der Waals surface area contributed by atoms with Crippen LogP contribution in [-0.2, 0) is 11.0 Å². The van der Waals surface area contributed by atoms with Gasteiger partial charge in [-0.25, -0.2) is 4.90 Å². The van der Waals surface area contributed by atoms with Crippen LogP contribution in [0.3, 0.4) is 0 Å². The minimum atomic E-state index is -4.64. The van der Waals surface area contributed by atoms with Crippen LogP contribution in [0.2, 0.25) is 0 Å². The molecular weight excluding hydrogens is 531 g/mol. The van der Waals surface area contributed by atoms with E-state index in [0.29, 0.717) is 17.0 Å². The lowest BCUT2D eigenvalue weighted by Gasteiger charge is -2.29. The fourth-order valence-corrected chi connectivity index (χ4v) is 4.64. The molecule has 0 aliphatic carbocycles. The topological polar surface area (TPSA) is 75.4 Å². The minimum absolute atomic E-state index is 0.0540. The van der Waals surface area contributed by atoms with Crippen LogP contribution < -0.4 is 10.2 Å². The van der Waals surface area contributed by atoms with Crippen LogP contribution in [0.4, 0.5) is 24.9 Å². The number of aromatic nitrogens is 1. The number of carbonyl (C=O) groups is 2. The number of nitrogens with zero attached hydrogens (tertiary/aromatic N) is 2. The van der Waals surface area contributed by atoms with Gasteiger partial charge in [-0.15, -0.1) is 0 Å². The number of rotatable bonds is 5. The van der Waals surface area contributed by atoms with Crippen LogP contribution in [0.25, 0.3) is 28.2 Å². The zero-order valence-corrected chi connectivity index (χ0v) is 21.2. The first-order chi connectivity index (χ1) is 19.8. The summed E-state index contributed by atoms with van der Waals surface area (Å²) in [5.41, 5.74) is 1.57. The number of fused-ring (bicyclic) bond motifs is 1. The van der Waals surface area contributed by atoms with E-state index in [1.54, 1.807) is 18.2 Å².